The topological polar surface area (TPSA) is 119 Å². The molecule has 1 rings (SSSR count). The van der Waals surface area contributed by atoms with Crippen LogP contribution in [-0.2, 0) is 23.9 Å². The summed E-state index contributed by atoms with van der Waals surface area (Å²) in [6.07, 6.45) is 3.20. The second kappa shape index (κ2) is 10.2. The van der Waals surface area contributed by atoms with E-state index in [1.54, 1.807) is 20.1 Å². The van der Waals surface area contributed by atoms with Crippen LogP contribution in [0.2, 0.25) is 0 Å². The number of ether oxygens (including phenoxy) is 1. The molecule has 1 unspecified atom stereocenters. The van der Waals surface area contributed by atoms with Gasteiger partial charge in [0, 0.05) is 38.0 Å². The van der Waals surface area contributed by atoms with Crippen LogP contribution >= 0.6 is 11.8 Å². The number of nitrogens with two attached hydrogens (primary N) is 1. The third-order valence-corrected chi connectivity index (χ3v) is 5.92. The Morgan fingerprint density at radius 1 is 1.25 bits per heavy atom. The van der Waals surface area contributed by atoms with Crippen molar-refractivity contribution in [2.24, 2.45) is 11.1 Å². The average molecular weight is 416 g/mol. The molecule has 3 N–H and O–H groups in total. The van der Waals surface area contributed by atoms with Crippen LogP contribution in [0.3, 0.4) is 0 Å². The van der Waals surface area contributed by atoms with Gasteiger partial charge in [0.05, 0.1) is 10.9 Å². The molecule has 0 aromatic heterocycles. The van der Waals surface area contributed by atoms with E-state index in [1.165, 1.54) is 16.7 Å². The fourth-order valence-electron chi connectivity index (χ4n) is 2.65. The van der Waals surface area contributed by atoms with Gasteiger partial charge in [-0.15, -0.1) is 0 Å². The van der Waals surface area contributed by atoms with Crippen LogP contribution in [-0.4, -0.2) is 65.3 Å². The molecule has 0 saturated carbocycles. The van der Waals surface area contributed by atoms with E-state index in [0.29, 0.717) is 26.0 Å². The summed E-state index contributed by atoms with van der Waals surface area (Å²) in [6.45, 7) is 8.32. The number of carbonyl (C=O) groups excluding carboxylic acids is 4. The summed E-state index contributed by atoms with van der Waals surface area (Å²) >= 11 is 1.36. The van der Waals surface area contributed by atoms with Crippen molar-refractivity contribution < 1.29 is 23.9 Å². The van der Waals surface area contributed by atoms with Crippen LogP contribution in [0, 0.1) is 5.41 Å². The van der Waals surface area contributed by atoms with E-state index >= 15 is 0 Å². The summed E-state index contributed by atoms with van der Waals surface area (Å²) < 4.78 is 5.83. The summed E-state index contributed by atoms with van der Waals surface area (Å²) in [7, 11) is 0. The molecular formula is C19H33N3O5S. The van der Waals surface area contributed by atoms with Gasteiger partial charge in [0.2, 0.25) is 23.6 Å². The van der Waals surface area contributed by atoms with Crippen LogP contribution in [0.5, 0.6) is 0 Å². The van der Waals surface area contributed by atoms with Gasteiger partial charge < -0.3 is 15.8 Å². The first-order valence-corrected chi connectivity index (χ1v) is 10.8. The van der Waals surface area contributed by atoms with Gasteiger partial charge in [-0.25, -0.2) is 0 Å². The Hall–Kier alpha value is -1.61. The Bertz CT molecular complexity index is 606. The molecule has 0 bridgehead atoms. The highest BCUT2D eigenvalue weighted by atomic mass is 32.2. The zero-order valence-corrected chi connectivity index (χ0v) is 18.3. The van der Waals surface area contributed by atoms with Gasteiger partial charge in [-0.2, -0.15) is 11.8 Å². The zero-order chi connectivity index (χ0) is 21.5. The van der Waals surface area contributed by atoms with Crippen LogP contribution in [0.15, 0.2) is 0 Å². The smallest absolute Gasteiger partial charge is 0.242 e. The van der Waals surface area contributed by atoms with E-state index in [9.17, 15) is 19.2 Å². The molecule has 1 fully saturated rings. The highest BCUT2D eigenvalue weighted by Gasteiger charge is 2.37. The number of thioether (sulfide) groups is 1. The molecule has 1 atom stereocenters. The molecule has 8 nitrogen and oxygen atoms in total. The molecule has 9 heteroatoms. The van der Waals surface area contributed by atoms with Gasteiger partial charge >= 0.3 is 0 Å². The predicted octanol–water partition coefficient (Wildman–Crippen LogP) is 1.07. The number of hydrogen-bond acceptors (Lipinski definition) is 6. The molecule has 4 amide bonds. The number of primary amides is 1. The van der Waals surface area contributed by atoms with Crippen molar-refractivity contribution in [2.75, 3.05) is 26.0 Å². The Morgan fingerprint density at radius 3 is 2.43 bits per heavy atom. The first-order chi connectivity index (χ1) is 12.9. The van der Waals surface area contributed by atoms with E-state index in [-0.39, 0.29) is 48.3 Å². The van der Waals surface area contributed by atoms with Crippen molar-refractivity contribution in [3.8, 4) is 0 Å². The molecule has 28 heavy (non-hydrogen) atoms. The second-order valence-corrected chi connectivity index (χ2v) is 9.31. The normalized spacial score (nSPS) is 17.9. The third-order valence-electron chi connectivity index (χ3n) is 4.99. The van der Waals surface area contributed by atoms with E-state index in [1.807, 2.05) is 13.8 Å². The van der Waals surface area contributed by atoms with Gasteiger partial charge in [-0.1, -0.05) is 13.8 Å². The number of nitrogens with zero attached hydrogens (tertiary/aromatic N) is 1. The van der Waals surface area contributed by atoms with Crippen LogP contribution in [0.4, 0.5) is 0 Å². The molecule has 1 aliphatic rings. The van der Waals surface area contributed by atoms with Gasteiger partial charge in [-0.05, 0) is 32.9 Å². The number of hydrogen-bond donors (Lipinski definition) is 2. The lowest BCUT2D eigenvalue weighted by Crippen LogP contribution is -2.38. The fourth-order valence-corrected chi connectivity index (χ4v) is 3.29. The molecule has 1 aliphatic heterocycles. The largest absolute Gasteiger partial charge is 0.375 e. The molecule has 0 aromatic rings. The zero-order valence-electron chi connectivity index (χ0n) is 17.5. The molecule has 0 aromatic carbocycles. The van der Waals surface area contributed by atoms with Gasteiger partial charge in [0.15, 0.2) is 0 Å². The fraction of sp³-hybridized carbons (Fsp3) is 0.789. The van der Waals surface area contributed by atoms with Crippen LogP contribution in [0.1, 0.15) is 53.4 Å². The Balaban J connectivity index is 2.28. The highest BCUT2D eigenvalue weighted by Crippen LogP contribution is 2.23. The van der Waals surface area contributed by atoms with Crippen molar-refractivity contribution in [3.05, 3.63) is 0 Å². The Morgan fingerprint density at radius 2 is 1.89 bits per heavy atom. The van der Waals surface area contributed by atoms with Crippen molar-refractivity contribution in [1.82, 2.24) is 10.2 Å². The molecule has 1 heterocycles. The lowest BCUT2D eigenvalue weighted by molar-refractivity contribution is -0.138. The number of nitrogens with one attached hydrogen (secondary N) is 1. The maximum Gasteiger partial charge on any atom is 0.242 e. The Kier molecular flexibility index (Phi) is 8.94. The monoisotopic (exact) mass is 415 g/mol. The summed E-state index contributed by atoms with van der Waals surface area (Å²) in [5, 5.41) is 2.47. The standard InChI is InChI=1S/C19H33N3O5S/c1-18(2,17(20)26)8-11-27-19(3,4)7-9-21-14(23)6-10-22-15(24)12-13(28-5)16(22)25/h13H,6-12H2,1-5H3,(H2,20,26)(H,21,23). The quantitative estimate of drug-likeness (QED) is 0.460. The molecule has 0 aliphatic carbocycles. The number of rotatable bonds is 12. The maximum absolute atomic E-state index is 12.0. The molecule has 1 saturated heterocycles. The van der Waals surface area contributed by atoms with Gasteiger partial charge in [0.25, 0.3) is 0 Å². The van der Waals surface area contributed by atoms with Crippen molar-refractivity contribution in [1.29, 1.82) is 0 Å². The Labute approximate surface area is 171 Å². The first-order valence-electron chi connectivity index (χ1n) is 9.47. The highest BCUT2D eigenvalue weighted by molar-refractivity contribution is 8.00. The molecule has 0 radical (unpaired) electrons. The predicted molar refractivity (Wildman–Crippen MR) is 109 cm³/mol. The number of amides is 4. The second-order valence-electron chi connectivity index (χ2n) is 8.27. The summed E-state index contributed by atoms with van der Waals surface area (Å²) in [6, 6.07) is 0. The molecular weight excluding hydrogens is 382 g/mol. The lowest BCUT2D eigenvalue weighted by Gasteiger charge is -2.28. The molecule has 0 spiro atoms. The minimum Gasteiger partial charge on any atom is -0.375 e. The van der Waals surface area contributed by atoms with Crippen LogP contribution in [0.25, 0.3) is 0 Å². The van der Waals surface area contributed by atoms with Crippen molar-refractivity contribution in [2.45, 2.75) is 64.2 Å². The van der Waals surface area contributed by atoms with Gasteiger partial charge in [0.1, 0.15) is 0 Å². The molecule has 160 valence electrons. The van der Waals surface area contributed by atoms with E-state index in [2.05, 4.69) is 5.32 Å². The summed E-state index contributed by atoms with van der Waals surface area (Å²) in [4.78, 5) is 48.4. The van der Waals surface area contributed by atoms with Crippen LogP contribution < -0.4 is 11.1 Å². The minimum atomic E-state index is -0.621. The van der Waals surface area contributed by atoms with Gasteiger partial charge in [-0.3, -0.25) is 24.1 Å². The number of carbonyl (C=O) groups is 4. The first kappa shape index (κ1) is 24.4. The SMILES string of the molecule is CSC1CC(=O)N(CCC(=O)NCCC(C)(C)OCCC(C)(C)C(N)=O)C1=O. The van der Waals surface area contributed by atoms with Crippen molar-refractivity contribution in [3.63, 3.8) is 0 Å². The number of imide groups is 1. The summed E-state index contributed by atoms with van der Waals surface area (Å²) in [5.74, 6) is -0.997. The maximum atomic E-state index is 12.0. The number of likely N-dealkylation sites (tertiary alicyclic amines) is 1. The summed E-state index contributed by atoms with van der Waals surface area (Å²) in [5.41, 5.74) is 4.27. The lowest BCUT2D eigenvalue weighted by atomic mass is 9.89. The van der Waals surface area contributed by atoms with E-state index in [4.69, 9.17) is 10.5 Å². The van der Waals surface area contributed by atoms with E-state index in [0.717, 1.165) is 0 Å². The minimum absolute atomic E-state index is 0.0899. The third kappa shape index (κ3) is 7.43. The van der Waals surface area contributed by atoms with Crippen molar-refractivity contribution >= 4 is 35.4 Å². The average Bonchev–Trinajstić information content (AvgIpc) is 2.85. The van der Waals surface area contributed by atoms with E-state index < -0.39 is 11.0 Å².